The van der Waals surface area contributed by atoms with E-state index in [1.54, 1.807) is 0 Å². The van der Waals surface area contributed by atoms with Gasteiger partial charge in [0.15, 0.2) is 0 Å². The number of fused-ring (bicyclic) bond motifs is 1. The molecule has 1 aliphatic heterocycles. The van der Waals surface area contributed by atoms with Crippen molar-refractivity contribution in [2.75, 3.05) is 17.7 Å². The molecule has 4 rings (SSSR count). The van der Waals surface area contributed by atoms with Gasteiger partial charge in [-0.2, -0.15) is 0 Å². The Morgan fingerprint density at radius 1 is 1.10 bits per heavy atom. The predicted octanol–water partition coefficient (Wildman–Crippen LogP) is 4.64. The van der Waals surface area contributed by atoms with Crippen LogP contribution in [0.15, 0.2) is 29.1 Å². The maximum atomic E-state index is 13.0. The second kappa shape index (κ2) is 9.11. The lowest BCUT2D eigenvalue weighted by molar-refractivity contribution is -0.113. The summed E-state index contributed by atoms with van der Waals surface area (Å²) in [4.78, 5) is 25.4. The number of carbonyl (C=O) groups is 1. The van der Waals surface area contributed by atoms with Crippen LogP contribution in [0.4, 0.5) is 5.82 Å². The number of carbonyl (C=O) groups excluding carboxylic acids is 1. The molecule has 2 aliphatic rings. The Morgan fingerprint density at radius 2 is 1.83 bits per heavy atom. The highest BCUT2D eigenvalue weighted by molar-refractivity contribution is 8.00. The molecule has 0 radical (unpaired) electrons. The number of rotatable bonds is 5. The average Bonchev–Trinajstić information content (AvgIpc) is 2.94. The second-order valence-corrected chi connectivity index (χ2v) is 8.97. The lowest BCUT2D eigenvalue weighted by Gasteiger charge is -2.19. The highest BCUT2D eigenvalue weighted by atomic mass is 32.2. The molecule has 29 heavy (non-hydrogen) atoms. The molecule has 1 unspecified atom stereocenters. The fraction of sp³-hybridized carbons (Fsp3) is 0.545. The first kappa shape index (κ1) is 20.1. The number of nitrogens with zero attached hydrogens (tertiary/aromatic N) is 1. The van der Waals surface area contributed by atoms with Gasteiger partial charge in [-0.05, 0) is 37.0 Å². The van der Waals surface area contributed by atoms with Gasteiger partial charge in [-0.3, -0.25) is 19.4 Å². The van der Waals surface area contributed by atoms with Gasteiger partial charge in [-0.1, -0.05) is 44.7 Å². The molecule has 0 bridgehead atoms. The van der Waals surface area contributed by atoms with E-state index in [9.17, 15) is 9.59 Å². The Labute approximate surface area is 175 Å². The number of thioether (sulfide) groups is 1. The van der Waals surface area contributed by atoms with Gasteiger partial charge in [-0.25, -0.2) is 0 Å². The fourth-order valence-electron chi connectivity index (χ4n) is 4.26. The van der Waals surface area contributed by atoms with Crippen molar-refractivity contribution in [2.24, 2.45) is 0 Å². The number of H-pyrrole nitrogens is 1. The van der Waals surface area contributed by atoms with Crippen LogP contribution in [0.25, 0.3) is 0 Å². The maximum absolute atomic E-state index is 13.0. The summed E-state index contributed by atoms with van der Waals surface area (Å²) >= 11 is 1.50. The molecule has 2 N–H and O–H groups in total. The molecule has 2 heterocycles. The smallest absolute Gasteiger partial charge is 0.270 e. The normalized spacial score (nSPS) is 20.4. The van der Waals surface area contributed by atoms with E-state index in [-0.39, 0.29) is 22.8 Å². The molecule has 1 aromatic carbocycles. The molecule has 1 atom stereocenters. The first-order chi connectivity index (χ1) is 14.2. The minimum atomic E-state index is -0.181. The van der Waals surface area contributed by atoms with Gasteiger partial charge in [0.25, 0.3) is 5.56 Å². The summed E-state index contributed by atoms with van der Waals surface area (Å²) in [5.74, 6) is 1.77. The van der Waals surface area contributed by atoms with E-state index in [2.05, 4.69) is 17.3 Å². The Hall–Kier alpha value is -2.15. The number of aromatic amines is 1. The van der Waals surface area contributed by atoms with E-state index in [1.165, 1.54) is 24.6 Å². The van der Waals surface area contributed by atoms with Gasteiger partial charge in [0.05, 0.1) is 29.2 Å². The molecule has 2 aromatic rings. The van der Waals surface area contributed by atoms with Crippen molar-refractivity contribution in [3.63, 3.8) is 0 Å². The summed E-state index contributed by atoms with van der Waals surface area (Å²) in [5.41, 5.74) is 1.57. The van der Waals surface area contributed by atoms with Crippen molar-refractivity contribution in [3.05, 3.63) is 45.7 Å². The Balaban J connectivity index is 1.69. The van der Waals surface area contributed by atoms with Crippen molar-refractivity contribution < 1.29 is 9.53 Å². The number of ether oxygens (including phenoxy) is 1. The Kier molecular flexibility index (Phi) is 6.33. The van der Waals surface area contributed by atoms with Gasteiger partial charge in [0.1, 0.15) is 11.6 Å². The number of hydrogen-bond acceptors (Lipinski definition) is 4. The molecule has 6 nitrogen and oxygen atoms in total. The zero-order chi connectivity index (χ0) is 20.2. The average molecular weight is 416 g/mol. The van der Waals surface area contributed by atoms with E-state index in [0.29, 0.717) is 23.7 Å². The van der Waals surface area contributed by atoms with Gasteiger partial charge >= 0.3 is 0 Å². The van der Waals surface area contributed by atoms with E-state index < -0.39 is 0 Å². The minimum absolute atomic E-state index is 0.0528. The lowest BCUT2D eigenvalue weighted by atomic mass is 10.1. The standard InChI is InChI=1S/C22H29N3O3S/c1-2-13-28-17-11-9-15(10-12-17)20-19-21(23-18(26)14-29-20)25(24-22(19)27)16-7-5-3-4-6-8-16/h9-12,16,20H,2-8,13-14H2,1H3,(H,23,26)(H,24,27). The van der Waals surface area contributed by atoms with Crippen molar-refractivity contribution in [2.45, 2.75) is 63.2 Å². The molecule has 1 aromatic heterocycles. The molecule has 7 heteroatoms. The van der Waals surface area contributed by atoms with Gasteiger partial charge in [0.2, 0.25) is 5.91 Å². The van der Waals surface area contributed by atoms with Crippen LogP contribution in [0, 0.1) is 0 Å². The summed E-state index contributed by atoms with van der Waals surface area (Å²) in [6.45, 7) is 2.76. The third kappa shape index (κ3) is 4.39. The Bertz CT molecular complexity index is 895. The van der Waals surface area contributed by atoms with Crippen molar-refractivity contribution >= 4 is 23.5 Å². The molecule has 1 saturated carbocycles. The van der Waals surface area contributed by atoms with Crippen molar-refractivity contribution in [1.82, 2.24) is 9.78 Å². The number of hydrogen-bond donors (Lipinski definition) is 2. The summed E-state index contributed by atoms with van der Waals surface area (Å²) < 4.78 is 7.63. The molecule has 1 aliphatic carbocycles. The van der Waals surface area contributed by atoms with Crippen LogP contribution >= 0.6 is 11.8 Å². The summed E-state index contributed by atoms with van der Waals surface area (Å²) in [7, 11) is 0. The largest absolute Gasteiger partial charge is 0.494 e. The number of benzene rings is 1. The minimum Gasteiger partial charge on any atom is -0.494 e. The van der Waals surface area contributed by atoms with Crippen LogP contribution in [-0.4, -0.2) is 28.0 Å². The van der Waals surface area contributed by atoms with Crippen LogP contribution in [-0.2, 0) is 4.79 Å². The monoisotopic (exact) mass is 415 g/mol. The first-order valence-corrected chi connectivity index (χ1v) is 11.7. The van der Waals surface area contributed by atoms with Crippen molar-refractivity contribution in [3.8, 4) is 5.75 Å². The topological polar surface area (TPSA) is 76.1 Å². The zero-order valence-corrected chi connectivity index (χ0v) is 17.7. The predicted molar refractivity (Wildman–Crippen MR) is 117 cm³/mol. The molecule has 0 spiro atoms. The van der Waals surface area contributed by atoms with Crippen LogP contribution in [0.3, 0.4) is 0 Å². The SMILES string of the molecule is CCCOc1ccc(C2SCC(=O)Nc3c2c(=O)[nH]n3C2CCCCCC2)cc1. The highest BCUT2D eigenvalue weighted by Gasteiger charge is 2.32. The van der Waals surface area contributed by atoms with Gasteiger partial charge in [-0.15, -0.1) is 11.8 Å². The molecule has 0 saturated heterocycles. The number of aromatic nitrogens is 2. The van der Waals surface area contributed by atoms with E-state index in [4.69, 9.17) is 4.74 Å². The molecular formula is C22H29N3O3S. The van der Waals surface area contributed by atoms with Gasteiger partial charge < -0.3 is 10.1 Å². The molecule has 1 fully saturated rings. The summed E-state index contributed by atoms with van der Waals surface area (Å²) in [6, 6.07) is 8.14. The lowest BCUT2D eigenvalue weighted by Crippen LogP contribution is -2.19. The zero-order valence-electron chi connectivity index (χ0n) is 16.9. The molecule has 156 valence electrons. The second-order valence-electron chi connectivity index (χ2n) is 7.88. The molecule has 1 amide bonds. The van der Waals surface area contributed by atoms with Crippen LogP contribution in [0.1, 0.15) is 74.3 Å². The number of nitrogens with one attached hydrogen (secondary N) is 2. The van der Waals surface area contributed by atoms with E-state index >= 15 is 0 Å². The van der Waals surface area contributed by atoms with Crippen LogP contribution < -0.4 is 15.6 Å². The number of anilines is 1. The van der Waals surface area contributed by atoms with Crippen LogP contribution in [0.5, 0.6) is 5.75 Å². The highest BCUT2D eigenvalue weighted by Crippen LogP contribution is 2.41. The summed E-state index contributed by atoms with van der Waals surface area (Å²) in [6.07, 6.45) is 7.82. The maximum Gasteiger partial charge on any atom is 0.270 e. The van der Waals surface area contributed by atoms with Crippen LogP contribution in [0.2, 0.25) is 0 Å². The third-order valence-corrected chi connectivity index (χ3v) is 6.98. The van der Waals surface area contributed by atoms with E-state index in [1.807, 2.05) is 28.9 Å². The van der Waals surface area contributed by atoms with E-state index in [0.717, 1.165) is 43.4 Å². The van der Waals surface area contributed by atoms with Gasteiger partial charge in [0, 0.05) is 0 Å². The first-order valence-electron chi connectivity index (χ1n) is 10.7. The summed E-state index contributed by atoms with van der Waals surface area (Å²) in [5, 5.41) is 5.88. The Morgan fingerprint density at radius 3 is 2.52 bits per heavy atom. The quantitative estimate of drug-likeness (QED) is 0.698. The molecular weight excluding hydrogens is 386 g/mol. The number of amides is 1. The third-order valence-electron chi connectivity index (χ3n) is 5.71. The fourth-order valence-corrected chi connectivity index (χ4v) is 5.38. The van der Waals surface area contributed by atoms with Crippen molar-refractivity contribution in [1.29, 1.82) is 0 Å².